The number of anilines is 2. The molecule has 3 rings (SSSR count). The van der Waals surface area contributed by atoms with Crippen LogP contribution in [0.15, 0.2) is 48.7 Å². The fourth-order valence-electron chi connectivity index (χ4n) is 2.16. The number of nitrogen functional groups attached to an aromatic ring is 1. The summed E-state index contributed by atoms with van der Waals surface area (Å²) in [4.78, 5) is 0. The highest BCUT2D eigenvalue weighted by molar-refractivity contribution is 5.88. The van der Waals surface area contributed by atoms with Gasteiger partial charge in [-0.2, -0.15) is 5.10 Å². The van der Waals surface area contributed by atoms with E-state index < -0.39 is 6.10 Å². The molecule has 0 bridgehead atoms. The minimum absolute atomic E-state index is 0.397. The molecule has 1 unspecified atom stereocenters. The molecule has 5 heteroatoms. The summed E-state index contributed by atoms with van der Waals surface area (Å²) in [7, 11) is 0. The van der Waals surface area contributed by atoms with E-state index in [-0.39, 0.29) is 0 Å². The average molecular weight is 268 g/mol. The fourth-order valence-corrected chi connectivity index (χ4v) is 2.16. The lowest BCUT2D eigenvalue weighted by Crippen LogP contribution is -2.13. The minimum Gasteiger partial charge on any atom is -0.397 e. The molecule has 0 fully saturated rings. The molecule has 0 aliphatic rings. The number of nitrogens with one attached hydrogen (secondary N) is 2. The Labute approximate surface area is 116 Å². The Bertz CT molecular complexity index is 708. The van der Waals surface area contributed by atoms with E-state index >= 15 is 0 Å². The predicted molar refractivity (Wildman–Crippen MR) is 80.4 cm³/mol. The minimum atomic E-state index is -0.576. The molecule has 0 aliphatic carbocycles. The van der Waals surface area contributed by atoms with Crippen LogP contribution in [0.25, 0.3) is 10.9 Å². The lowest BCUT2D eigenvalue weighted by Gasteiger charge is -2.14. The van der Waals surface area contributed by atoms with Crippen LogP contribution < -0.4 is 11.1 Å². The van der Waals surface area contributed by atoms with Crippen molar-refractivity contribution in [2.24, 2.45) is 0 Å². The summed E-state index contributed by atoms with van der Waals surface area (Å²) >= 11 is 0. The van der Waals surface area contributed by atoms with E-state index in [1.165, 1.54) is 0 Å². The number of aliphatic hydroxyl groups excluding tert-OH is 1. The second-order valence-corrected chi connectivity index (χ2v) is 4.70. The number of benzene rings is 2. The Kier molecular flexibility index (Phi) is 3.26. The van der Waals surface area contributed by atoms with Crippen LogP contribution in [0, 0.1) is 0 Å². The number of aliphatic hydroxyl groups is 1. The molecule has 0 radical (unpaired) electrons. The Hall–Kier alpha value is -2.53. The first-order valence-corrected chi connectivity index (χ1v) is 6.43. The van der Waals surface area contributed by atoms with Crippen LogP contribution in [0.5, 0.6) is 0 Å². The average Bonchev–Trinajstić information content (AvgIpc) is 2.92. The van der Waals surface area contributed by atoms with Gasteiger partial charge in [0.05, 0.1) is 29.2 Å². The first kappa shape index (κ1) is 12.5. The maximum Gasteiger partial charge on any atom is 0.0962 e. The molecule has 1 heterocycles. The van der Waals surface area contributed by atoms with Crippen molar-refractivity contribution >= 4 is 22.3 Å². The number of nitrogens with two attached hydrogens (primary N) is 1. The number of hydrogen-bond donors (Lipinski definition) is 4. The number of H-pyrrole nitrogens is 1. The first-order chi connectivity index (χ1) is 9.74. The van der Waals surface area contributed by atoms with Gasteiger partial charge in [0.1, 0.15) is 0 Å². The van der Waals surface area contributed by atoms with Gasteiger partial charge in [0, 0.05) is 11.9 Å². The Balaban J connectivity index is 1.75. The topological polar surface area (TPSA) is 87.0 Å². The van der Waals surface area contributed by atoms with E-state index in [2.05, 4.69) is 15.5 Å². The molecule has 0 aliphatic heterocycles. The van der Waals surface area contributed by atoms with Crippen LogP contribution in [0.1, 0.15) is 11.7 Å². The van der Waals surface area contributed by atoms with Crippen molar-refractivity contribution in [3.63, 3.8) is 0 Å². The zero-order valence-electron chi connectivity index (χ0n) is 10.9. The van der Waals surface area contributed by atoms with Crippen molar-refractivity contribution in [3.05, 3.63) is 54.2 Å². The number of rotatable bonds is 4. The summed E-state index contributed by atoms with van der Waals surface area (Å²) in [5, 5.41) is 21.1. The highest BCUT2D eigenvalue weighted by Crippen LogP contribution is 2.25. The third kappa shape index (κ3) is 2.44. The summed E-state index contributed by atoms with van der Waals surface area (Å²) in [6.07, 6.45) is 1.15. The highest BCUT2D eigenvalue weighted by atomic mass is 16.3. The number of nitrogens with zero attached hydrogens (tertiary/aromatic N) is 1. The summed E-state index contributed by atoms with van der Waals surface area (Å²) in [5.41, 5.74) is 9.20. The molecule has 3 aromatic rings. The Morgan fingerprint density at radius 3 is 2.85 bits per heavy atom. The Morgan fingerprint density at radius 1 is 1.25 bits per heavy atom. The van der Waals surface area contributed by atoms with Crippen LogP contribution in [0.4, 0.5) is 11.4 Å². The van der Waals surface area contributed by atoms with E-state index in [9.17, 15) is 5.11 Å². The zero-order chi connectivity index (χ0) is 13.9. The lowest BCUT2D eigenvalue weighted by molar-refractivity contribution is 0.191. The molecule has 0 saturated carbocycles. The second-order valence-electron chi connectivity index (χ2n) is 4.70. The molecule has 5 N–H and O–H groups in total. The van der Waals surface area contributed by atoms with Crippen molar-refractivity contribution < 1.29 is 5.11 Å². The van der Waals surface area contributed by atoms with E-state index in [1.807, 2.05) is 42.5 Å². The molecule has 20 heavy (non-hydrogen) atoms. The molecule has 0 amide bonds. The summed E-state index contributed by atoms with van der Waals surface area (Å²) in [6.45, 7) is 0.397. The Morgan fingerprint density at radius 2 is 2.05 bits per heavy atom. The van der Waals surface area contributed by atoms with Gasteiger partial charge in [-0.1, -0.05) is 30.3 Å². The van der Waals surface area contributed by atoms with Crippen LogP contribution in [-0.2, 0) is 0 Å². The second kappa shape index (κ2) is 5.22. The largest absolute Gasteiger partial charge is 0.397 e. The molecule has 0 saturated heterocycles. The molecule has 2 aromatic carbocycles. The van der Waals surface area contributed by atoms with Gasteiger partial charge < -0.3 is 16.2 Å². The maximum atomic E-state index is 10.1. The van der Waals surface area contributed by atoms with Gasteiger partial charge in [-0.3, -0.25) is 5.10 Å². The van der Waals surface area contributed by atoms with Crippen LogP contribution in [0.3, 0.4) is 0 Å². The third-order valence-corrected chi connectivity index (χ3v) is 3.28. The van der Waals surface area contributed by atoms with Crippen LogP contribution >= 0.6 is 0 Å². The van der Waals surface area contributed by atoms with Crippen molar-refractivity contribution in [3.8, 4) is 0 Å². The molecule has 0 spiro atoms. The standard InChI is InChI=1S/C15H16N4O/c16-12-6-11-8-18-19-13(11)7-14(12)17-9-15(20)10-4-2-1-3-5-10/h1-8,15,17,20H,9,16H2,(H,18,19). The zero-order valence-corrected chi connectivity index (χ0v) is 10.9. The highest BCUT2D eigenvalue weighted by Gasteiger charge is 2.08. The summed E-state index contributed by atoms with van der Waals surface area (Å²) in [5.74, 6) is 0. The SMILES string of the molecule is Nc1cc2cn[nH]c2cc1NCC(O)c1ccccc1. The fraction of sp³-hybridized carbons (Fsp3) is 0.133. The van der Waals surface area contributed by atoms with Crippen molar-refractivity contribution in [1.82, 2.24) is 10.2 Å². The summed E-state index contributed by atoms with van der Waals surface area (Å²) < 4.78 is 0. The van der Waals surface area contributed by atoms with Gasteiger partial charge in [0.2, 0.25) is 0 Å². The molecular weight excluding hydrogens is 252 g/mol. The van der Waals surface area contributed by atoms with Gasteiger partial charge >= 0.3 is 0 Å². The monoisotopic (exact) mass is 268 g/mol. The van der Waals surface area contributed by atoms with Crippen molar-refractivity contribution in [1.29, 1.82) is 0 Å². The van der Waals surface area contributed by atoms with Crippen LogP contribution in [-0.4, -0.2) is 21.8 Å². The lowest BCUT2D eigenvalue weighted by atomic mass is 10.1. The van der Waals surface area contributed by atoms with Crippen molar-refractivity contribution in [2.45, 2.75) is 6.10 Å². The number of aromatic nitrogens is 2. The van der Waals surface area contributed by atoms with E-state index in [4.69, 9.17) is 5.73 Å². The first-order valence-electron chi connectivity index (χ1n) is 6.43. The predicted octanol–water partition coefficient (Wildman–Crippen LogP) is 2.29. The number of hydrogen-bond acceptors (Lipinski definition) is 4. The maximum absolute atomic E-state index is 10.1. The number of fused-ring (bicyclic) bond motifs is 1. The van der Waals surface area contributed by atoms with Gasteiger partial charge in [-0.15, -0.1) is 0 Å². The summed E-state index contributed by atoms with van der Waals surface area (Å²) in [6, 6.07) is 13.3. The van der Waals surface area contributed by atoms with Gasteiger partial charge in [0.25, 0.3) is 0 Å². The molecule has 5 nitrogen and oxygen atoms in total. The smallest absolute Gasteiger partial charge is 0.0962 e. The molecule has 102 valence electrons. The van der Waals surface area contributed by atoms with Gasteiger partial charge in [-0.05, 0) is 17.7 Å². The van der Waals surface area contributed by atoms with Crippen molar-refractivity contribution in [2.75, 3.05) is 17.6 Å². The molecular formula is C15H16N4O. The molecule has 1 aromatic heterocycles. The number of aromatic amines is 1. The quantitative estimate of drug-likeness (QED) is 0.547. The van der Waals surface area contributed by atoms with E-state index in [0.29, 0.717) is 12.2 Å². The van der Waals surface area contributed by atoms with Gasteiger partial charge in [-0.25, -0.2) is 0 Å². The normalized spacial score (nSPS) is 12.4. The van der Waals surface area contributed by atoms with E-state index in [0.717, 1.165) is 22.2 Å². The molecule has 1 atom stereocenters. The third-order valence-electron chi connectivity index (χ3n) is 3.28. The van der Waals surface area contributed by atoms with Gasteiger partial charge in [0.15, 0.2) is 0 Å². The van der Waals surface area contributed by atoms with E-state index in [1.54, 1.807) is 6.20 Å². The van der Waals surface area contributed by atoms with Crippen LogP contribution in [0.2, 0.25) is 0 Å².